The Kier molecular flexibility index (Phi) is 12.8. The van der Waals surface area contributed by atoms with Gasteiger partial charge in [0.1, 0.15) is 11.9 Å². The molecule has 154 valence electrons. The Bertz CT molecular complexity index is 556. The van der Waals surface area contributed by atoms with Gasteiger partial charge in [-0.3, -0.25) is 4.90 Å². The SMILES string of the molecule is CCNC(=NCC(C)Oc1cccc(Cl)c1)NCCCN1CCOCC1.I. The Morgan fingerprint density at radius 2 is 2.11 bits per heavy atom. The average Bonchev–Trinajstić information content (AvgIpc) is 2.64. The van der Waals surface area contributed by atoms with E-state index < -0.39 is 0 Å². The number of ether oxygens (including phenoxy) is 2. The molecule has 27 heavy (non-hydrogen) atoms. The van der Waals surface area contributed by atoms with Crippen molar-refractivity contribution in [3.63, 3.8) is 0 Å². The zero-order chi connectivity index (χ0) is 18.6. The summed E-state index contributed by atoms with van der Waals surface area (Å²) in [6.45, 7) is 11.2. The summed E-state index contributed by atoms with van der Waals surface area (Å²) < 4.78 is 11.2. The highest BCUT2D eigenvalue weighted by Crippen LogP contribution is 2.18. The molecule has 0 bridgehead atoms. The summed E-state index contributed by atoms with van der Waals surface area (Å²) in [7, 11) is 0. The third-order valence-electron chi connectivity index (χ3n) is 4.03. The molecule has 8 heteroatoms. The van der Waals surface area contributed by atoms with E-state index in [0.29, 0.717) is 11.6 Å². The maximum Gasteiger partial charge on any atom is 0.191 e. The number of aliphatic imine (C=N–C) groups is 1. The van der Waals surface area contributed by atoms with Crippen LogP contribution in [-0.2, 0) is 4.74 Å². The Labute approximate surface area is 185 Å². The van der Waals surface area contributed by atoms with Crippen molar-refractivity contribution in [1.29, 1.82) is 0 Å². The number of guanidine groups is 1. The summed E-state index contributed by atoms with van der Waals surface area (Å²) in [5.74, 6) is 1.60. The smallest absolute Gasteiger partial charge is 0.191 e. The molecule has 1 aromatic carbocycles. The average molecular weight is 511 g/mol. The van der Waals surface area contributed by atoms with Crippen LogP contribution >= 0.6 is 35.6 Å². The molecule has 2 rings (SSSR count). The fourth-order valence-electron chi connectivity index (χ4n) is 2.71. The fourth-order valence-corrected chi connectivity index (χ4v) is 2.89. The van der Waals surface area contributed by atoms with E-state index in [1.54, 1.807) is 0 Å². The van der Waals surface area contributed by atoms with Crippen molar-refractivity contribution in [1.82, 2.24) is 15.5 Å². The normalized spacial score (nSPS) is 16.3. The van der Waals surface area contributed by atoms with Crippen molar-refractivity contribution in [2.45, 2.75) is 26.4 Å². The number of morpholine rings is 1. The van der Waals surface area contributed by atoms with E-state index in [1.165, 1.54) is 0 Å². The van der Waals surface area contributed by atoms with Crippen LogP contribution in [0.1, 0.15) is 20.3 Å². The van der Waals surface area contributed by atoms with Gasteiger partial charge in [0, 0.05) is 31.2 Å². The molecule has 1 aromatic rings. The molecule has 2 N–H and O–H groups in total. The highest BCUT2D eigenvalue weighted by Gasteiger charge is 2.09. The second kappa shape index (κ2) is 14.3. The molecule has 1 fully saturated rings. The van der Waals surface area contributed by atoms with Gasteiger partial charge in [0.25, 0.3) is 0 Å². The number of nitrogens with one attached hydrogen (secondary N) is 2. The Balaban J connectivity index is 0.00000364. The van der Waals surface area contributed by atoms with Gasteiger partial charge < -0.3 is 20.1 Å². The fraction of sp³-hybridized carbons (Fsp3) is 0.632. The quantitative estimate of drug-likeness (QED) is 0.232. The molecule has 6 nitrogen and oxygen atoms in total. The lowest BCUT2D eigenvalue weighted by Crippen LogP contribution is -2.41. The van der Waals surface area contributed by atoms with E-state index in [9.17, 15) is 0 Å². The molecular formula is C19H32ClIN4O2. The van der Waals surface area contributed by atoms with Gasteiger partial charge in [-0.25, -0.2) is 4.99 Å². The Morgan fingerprint density at radius 1 is 1.33 bits per heavy atom. The maximum absolute atomic E-state index is 5.99. The molecule has 0 saturated carbocycles. The number of hydrogen-bond acceptors (Lipinski definition) is 4. The molecule has 0 aliphatic carbocycles. The zero-order valence-electron chi connectivity index (χ0n) is 16.2. The van der Waals surface area contributed by atoms with Crippen LogP contribution < -0.4 is 15.4 Å². The largest absolute Gasteiger partial charge is 0.489 e. The van der Waals surface area contributed by atoms with Crippen LogP contribution in [0.4, 0.5) is 0 Å². The van der Waals surface area contributed by atoms with E-state index in [4.69, 9.17) is 21.1 Å². The van der Waals surface area contributed by atoms with Crippen LogP contribution in [0.2, 0.25) is 5.02 Å². The standard InChI is InChI=1S/C19H31ClN4O2.HI/c1-3-21-19(22-8-5-9-24-10-12-25-13-11-24)23-15-16(2)26-18-7-4-6-17(20)14-18;/h4,6-7,14,16H,3,5,8-13,15H2,1-2H3,(H2,21,22,23);1H. The Hall–Kier alpha value is -0.770. The summed E-state index contributed by atoms with van der Waals surface area (Å²) in [5, 5.41) is 7.35. The van der Waals surface area contributed by atoms with Gasteiger partial charge in [0.05, 0.1) is 19.8 Å². The summed E-state index contributed by atoms with van der Waals surface area (Å²) in [4.78, 5) is 7.06. The second-order valence-corrected chi connectivity index (χ2v) is 6.78. The first-order valence-electron chi connectivity index (χ1n) is 9.42. The summed E-state index contributed by atoms with van der Waals surface area (Å²) in [6.07, 6.45) is 1.05. The van der Waals surface area contributed by atoms with Crippen LogP contribution in [0.5, 0.6) is 5.75 Å². The van der Waals surface area contributed by atoms with E-state index in [0.717, 1.165) is 64.1 Å². The van der Waals surface area contributed by atoms with Crippen LogP contribution in [0.15, 0.2) is 29.3 Å². The molecule has 0 radical (unpaired) electrons. The zero-order valence-corrected chi connectivity index (χ0v) is 19.3. The van der Waals surface area contributed by atoms with Crippen LogP contribution in [0.3, 0.4) is 0 Å². The molecule has 0 spiro atoms. The summed E-state index contributed by atoms with van der Waals surface area (Å²) >= 11 is 5.99. The molecule has 1 atom stereocenters. The van der Waals surface area contributed by atoms with Crippen molar-refractivity contribution in [2.24, 2.45) is 4.99 Å². The third kappa shape index (κ3) is 10.4. The summed E-state index contributed by atoms with van der Waals surface area (Å²) in [6, 6.07) is 7.44. The first-order chi connectivity index (χ1) is 12.7. The lowest BCUT2D eigenvalue weighted by atomic mass is 10.3. The van der Waals surface area contributed by atoms with E-state index in [1.807, 2.05) is 31.2 Å². The number of halogens is 2. The Morgan fingerprint density at radius 3 is 2.81 bits per heavy atom. The molecule has 1 aliphatic rings. The summed E-state index contributed by atoms with van der Waals surface area (Å²) in [5.41, 5.74) is 0. The molecule has 0 aromatic heterocycles. The molecule has 1 heterocycles. The molecule has 1 aliphatic heterocycles. The minimum Gasteiger partial charge on any atom is -0.489 e. The molecule has 1 saturated heterocycles. The van der Waals surface area contributed by atoms with E-state index in [-0.39, 0.29) is 30.1 Å². The van der Waals surface area contributed by atoms with Gasteiger partial charge in [-0.2, -0.15) is 0 Å². The highest BCUT2D eigenvalue weighted by molar-refractivity contribution is 14.0. The van der Waals surface area contributed by atoms with Gasteiger partial charge in [-0.15, -0.1) is 24.0 Å². The van der Waals surface area contributed by atoms with Gasteiger partial charge in [-0.05, 0) is 45.0 Å². The van der Waals surface area contributed by atoms with Crippen molar-refractivity contribution in [3.05, 3.63) is 29.3 Å². The number of nitrogens with zero attached hydrogens (tertiary/aromatic N) is 2. The predicted molar refractivity (Wildman–Crippen MR) is 123 cm³/mol. The number of rotatable bonds is 9. The van der Waals surface area contributed by atoms with Crippen LogP contribution in [-0.4, -0.2) is 69.4 Å². The van der Waals surface area contributed by atoms with Crippen LogP contribution in [0.25, 0.3) is 0 Å². The second-order valence-electron chi connectivity index (χ2n) is 6.34. The first kappa shape index (κ1) is 24.3. The highest BCUT2D eigenvalue weighted by atomic mass is 127. The molecular weight excluding hydrogens is 479 g/mol. The maximum atomic E-state index is 5.99. The number of benzene rings is 1. The monoisotopic (exact) mass is 510 g/mol. The number of hydrogen-bond donors (Lipinski definition) is 2. The van der Waals surface area contributed by atoms with Crippen molar-refractivity contribution in [2.75, 3.05) is 52.5 Å². The van der Waals surface area contributed by atoms with Gasteiger partial charge >= 0.3 is 0 Å². The van der Waals surface area contributed by atoms with Crippen molar-refractivity contribution in [3.8, 4) is 5.75 Å². The van der Waals surface area contributed by atoms with Gasteiger partial charge in [0.15, 0.2) is 5.96 Å². The lowest BCUT2D eigenvalue weighted by molar-refractivity contribution is 0.0376. The van der Waals surface area contributed by atoms with Gasteiger partial charge in [-0.1, -0.05) is 17.7 Å². The van der Waals surface area contributed by atoms with Crippen molar-refractivity contribution < 1.29 is 9.47 Å². The molecule has 1 unspecified atom stereocenters. The third-order valence-corrected chi connectivity index (χ3v) is 4.27. The topological polar surface area (TPSA) is 58.1 Å². The lowest BCUT2D eigenvalue weighted by Gasteiger charge is -2.26. The van der Waals surface area contributed by atoms with E-state index in [2.05, 4.69) is 27.4 Å². The minimum absolute atomic E-state index is 0. The molecule has 0 amide bonds. The van der Waals surface area contributed by atoms with Gasteiger partial charge in [0.2, 0.25) is 0 Å². The van der Waals surface area contributed by atoms with Crippen molar-refractivity contribution >= 4 is 41.5 Å². The van der Waals surface area contributed by atoms with E-state index >= 15 is 0 Å². The van der Waals surface area contributed by atoms with Crippen LogP contribution in [0, 0.1) is 0 Å². The minimum atomic E-state index is -0.0303. The predicted octanol–water partition coefficient (Wildman–Crippen LogP) is 3.00. The first-order valence-corrected chi connectivity index (χ1v) is 9.79.